The molecule has 0 atom stereocenters. The van der Waals surface area contributed by atoms with Crippen molar-refractivity contribution in [2.75, 3.05) is 0 Å². The molecule has 0 aromatic heterocycles. The molecule has 4 aromatic rings. The van der Waals surface area contributed by atoms with Crippen LogP contribution in [-0.2, 0) is 0 Å². The molecule has 0 heterocycles. The van der Waals surface area contributed by atoms with E-state index in [0.29, 0.717) is 10.6 Å². The van der Waals surface area contributed by atoms with Crippen LogP contribution in [0.5, 0.6) is 0 Å². The van der Waals surface area contributed by atoms with Gasteiger partial charge in [0.05, 0.1) is 0 Å². The molecule has 1 nitrogen and oxygen atoms in total. The topological polar surface area (TPSA) is 17.1 Å². The normalized spacial score (nSPS) is 11.2. The smallest absolute Gasteiger partial charge is 0.186 e. The number of aryl methyl sites for hydroxylation is 3. The lowest BCUT2D eigenvalue weighted by atomic mass is 10.2. The summed E-state index contributed by atoms with van der Waals surface area (Å²) in [5, 5.41) is 4.12. The molecule has 4 rings (SSSR count). The van der Waals surface area contributed by atoms with E-state index < -0.39 is 6.89 Å². The van der Waals surface area contributed by atoms with Crippen molar-refractivity contribution in [1.82, 2.24) is 0 Å². The van der Waals surface area contributed by atoms with Gasteiger partial charge in [-0.3, -0.25) is 4.79 Å². The van der Waals surface area contributed by atoms with Crippen molar-refractivity contribution in [2.24, 2.45) is 0 Å². The minimum atomic E-state index is -2.35. The molecule has 0 fully saturated rings. The molecular formula is C29H26ClOP. The van der Waals surface area contributed by atoms with Crippen molar-refractivity contribution in [2.45, 2.75) is 20.8 Å². The standard InChI is InChI=1S/C29H26ClOP/c1-21-4-14-26(15-5-21)32(27-16-6-22(2)7-17-27,28-18-8-23(3)9-19-28)20-29(31)24-10-12-25(30)13-11-24/h4-20H,1-3H3. The van der Waals surface area contributed by atoms with E-state index >= 15 is 0 Å². The number of Topliss-reactive ketones (excluding diaryl/α,β-unsaturated/α-hetero) is 1. The number of benzene rings is 4. The van der Waals surface area contributed by atoms with E-state index in [-0.39, 0.29) is 5.78 Å². The summed E-state index contributed by atoms with van der Waals surface area (Å²) in [6, 6.07) is 33.0. The van der Waals surface area contributed by atoms with Crippen molar-refractivity contribution in [3.8, 4) is 0 Å². The fraction of sp³-hybridized carbons (Fsp3) is 0.103. The molecule has 3 heteroatoms. The Labute approximate surface area is 195 Å². The minimum Gasteiger partial charge on any atom is -0.289 e. The van der Waals surface area contributed by atoms with E-state index in [1.807, 2.05) is 5.80 Å². The second-order valence-corrected chi connectivity index (χ2v) is 11.9. The van der Waals surface area contributed by atoms with Gasteiger partial charge in [0, 0.05) is 10.6 Å². The van der Waals surface area contributed by atoms with E-state index in [1.54, 1.807) is 24.3 Å². The molecule has 32 heavy (non-hydrogen) atoms. The van der Waals surface area contributed by atoms with Gasteiger partial charge in [0.15, 0.2) is 5.78 Å². The highest BCUT2D eigenvalue weighted by molar-refractivity contribution is 7.95. The number of halogens is 1. The highest BCUT2D eigenvalue weighted by Gasteiger charge is 2.27. The van der Waals surface area contributed by atoms with E-state index in [2.05, 4.69) is 93.6 Å². The Morgan fingerprint density at radius 1 is 0.594 bits per heavy atom. The lowest BCUT2D eigenvalue weighted by Gasteiger charge is -2.29. The lowest BCUT2D eigenvalue weighted by molar-refractivity contribution is 0.107. The largest absolute Gasteiger partial charge is 0.289 e. The zero-order chi connectivity index (χ0) is 22.7. The second kappa shape index (κ2) is 9.33. The maximum absolute atomic E-state index is 13.6. The van der Waals surface area contributed by atoms with Gasteiger partial charge in [-0.2, -0.15) is 0 Å². The molecule has 160 valence electrons. The predicted molar refractivity (Wildman–Crippen MR) is 141 cm³/mol. The number of carbonyl (C=O) groups excluding carboxylic acids is 1. The van der Waals surface area contributed by atoms with Crippen LogP contribution in [0.2, 0.25) is 5.02 Å². The first kappa shape index (κ1) is 22.3. The fourth-order valence-electron chi connectivity index (χ4n) is 3.88. The van der Waals surface area contributed by atoms with Gasteiger partial charge in [0.1, 0.15) is 0 Å². The summed E-state index contributed by atoms with van der Waals surface area (Å²) in [7, 11) is 0. The van der Waals surface area contributed by atoms with Crippen molar-refractivity contribution in [1.29, 1.82) is 0 Å². The highest BCUT2D eigenvalue weighted by Crippen LogP contribution is 2.44. The average molecular weight is 457 g/mol. The van der Waals surface area contributed by atoms with Crippen LogP contribution in [0.3, 0.4) is 0 Å². The highest BCUT2D eigenvalue weighted by atomic mass is 35.5. The number of hydrogen-bond acceptors (Lipinski definition) is 1. The fourth-order valence-corrected chi connectivity index (χ4v) is 7.70. The summed E-state index contributed by atoms with van der Waals surface area (Å²) in [6.07, 6.45) is 0. The van der Waals surface area contributed by atoms with Crippen LogP contribution < -0.4 is 15.9 Å². The zero-order valence-electron chi connectivity index (χ0n) is 18.5. The van der Waals surface area contributed by atoms with Gasteiger partial charge < -0.3 is 0 Å². The maximum atomic E-state index is 13.6. The Balaban J connectivity index is 2.07. The van der Waals surface area contributed by atoms with Crippen molar-refractivity contribution >= 4 is 46.0 Å². The number of rotatable bonds is 5. The summed E-state index contributed by atoms with van der Waals surface area (Å²) in [5.74, 6) is 1.98. The van der Waals surface area contributed by atoms with Crippen LogP contribution in [0, 0.1) is 20.8 Å². The monoisotopic (exact) mass is 456 g/mol. The van der Waals surface area contributed by atoms with E-state index in [1.165, 1.54) is 16.7 Å². The number of hydrogen-bond donors (Lipinski definition) is 0. The number of ketones is 1. The molecule has 0 bridgehead atoms. The Bertz CT molecular complexity index is 1170. The van der Waals surface area contributed by atoms with Crippen molar-refractivity contribution in [3.05, 3.63) is 124 Å². The van der Waals surface area contributed by atoms with E-state index in [0.717, 1.165) is 15.9 Å². The molecule has 0 N–H and O–H groups in total. The first-order valence-electron chi connectivity index (χ1n) is 10.6. The maximum Gasteiger partial charge on any atom is 0.186 e. The first-order chi connectivity index (χ1) is 15.4. The van der Waals surface area contributed by atoms with Gasteiger partial charge in [0.2, 0.25) is 0 Å². The van der Waals surface area contributed by atoms with Crippen LogP contribution >= 0.6 is 18.5 Å². The molecule has 0 spiro atoms. The predicted octanol–water partition coefficient (Wildman–Crippen LogP) is 6.24. The van der Waals surface area contributed by atoms with Gasteiger partial charge >= 0.3 is 0 Å². The molecule has 4 aromatic carbocycles. The SMILES string of the molecule is Cc1ccc(P(=CC(=O)c2ccc(Cl)cc2)(c2ccc(C)cc2)c2ccc(C)cc2)cc1. The third-order valence-corrected chi connectivity index (χ3v) is 9.98. The number of carbonyl (C=O) groups is 1. The Morgan fingerprint density at radius 3 is 1.28 bits per heavy atom. The molecule has 0 aliphatic carbocycles. The Morgan fingerprint density at radius 2 is 0.938 bits per heavy atom. The van der Waals surface area contributed by atoms with E-state index in [4.69, 9.17) is 11.6 Å². The van der Waals surface area contributed by atoms with Crippen LogP contribution in [0.4, 0.5) is 0 Å². The average Bonchev–Trinajstić information content (AvgIpc) is 2.80. The molecular weight excluding hydrogens is 431 g/mol. The minimum absolute atomic E-state index is 0.0109. The third kappa shape index (κ3) is 4.51. The van der Waals surface area contributed by atoms with Crippen LogP contribution in [0.25, 0.3) is 0 Å². The molecule has 0 radical (unpaired) electrons. The van der Waals surface area contributed by atoms with Gasteiger partial charge in [-0.15, -0.1) is 0 Å². The van der Waals surface area contributed by atoms with Crippen molar-refractivity contribution in [3.63, 3.8) is 0 Å². The van der Waals surface area contributed by atoms with Gasteiger partial charge in [-0.1, -0.05) is 101 Å². The molecule has 0 amide bonds. The summed E-state index contributed by atoms with van der Waals surface area (Å²) in [6.45, 7) is 3.91. The molecule has 0 aliphatic rings. The Kier molecular flexibility index (Phi) is 6.51. The van der Waals surface area contributed by atoms with Gasteiger partial charge in [-0.05, 0) is 73.6 Å². The zero-order valence-corrected chi connectivity index (χ0v) is 20.2. The summed E-state index contributed by atoms with van der Waals surface area (Å²) in [5.41, 5.74) is 4.24. The van der Waals surface area contributed by atoms with Crippen LogP contribution in [0.1, 0.15) is 27.0 Å². The second-order valence-electron chi connectivity index (χ2n) is 8.23. The first-order valence-corrected chi connectivity index (χ1v) is 12.9. The summed E-state index contributed by atoms with van der Waals surface area (Å²) < 4.78 is 0. The summed E-state index contributed by atoms with van der Waals surface area (Å²) in [4.78, 5) is 13.6. The summed E-state index contributed by atoms with van der Waals surface area (Å²) >= 11 is 6.07. The van der Waals surface area contributed by atoms with Crippen LogP contribution in [0.15, 0.2) is 97.1 Å². The quantitative estimate of drug-likeness (QED) is 0.256. The lowest BCUT2D eigenvalue weighted by Crippen LogP contribution is -2.29. The third-order valence-electron chi connectivity index (χ3n) is 5.76. The molecule has 0 saturated carbocycles. The Hall–Kier alpha value is -2.86. The molecule has 0 aliphatic heterocycles. The van der Waals surface area contributed by atoms with Gasteiger partial charge in [-0.25, -0.2) is 0 Å². The van der Waals surface area contributed by atoms with E-state index in [9.17, 15) is 4.79 Å². The van der Waals surface area contributed by atoms with Crippen LogP contribution in [-0.4, -0.2) is 11.6 Å². The molecule has 0 saturated heterocycles. The molecule has 0 unspecified atom stereocenters. The van der Waals surface area contributed by atoms with Crippen molar-refractivity contribution < 1.29 is 4.79 Å². The van der Waals surface area contributed by atoms with Gasteiger partial charge in [0.25, 0.3) is 0 Å².